The lowest BCUT2D eigenvalue weighted by molar-refractivity contribution is -0.148. The number of allylic oxidation sites excluding steroid dienone is 1. The maximum Gasteiger partial charge on any atom is 0.0914 e. The third-order valence-electron chi connectivity index (χ3n) is 11.0. The maximum absolute atomic E-state index is 11.8. The average molecular weight is 453 g/mol. The number of benzene rings is 1. The third-order valence-corrected chi connectivity index (χ3v) is 11.0. The monoisotopic (exact) mass is 452 g/mol. The van der Waals surface area contributed by atoms with Gasteiger partial charge in [-0.05, 0) is 105 Å². The summed E-state index contributed by atoms with van der Waals surface area (Å²) in [5.41, 5.74) is 3.06. The lowest BCUT2D eigenvalue weighted by Gasteiger charge is -2.59. The van der Waals surface area contributed by atoms with Crippen molar-refractivity contribution in [3.8, 4) is 0 Å². The van der Waals surface area contributed by atoms with Crippen molar-refractivity contribution in [1.29, 1.82) is 0 Å². The molecule has 33 heavy (non-hydrogen) atoms. The van der Waals surface area contributed by atoms with Crippen LogP contribution in [0.2, 0.25) is 0 Å². The zero-order chi connectivity index (χ0) is 23.6. The summed E-state index contributed by atoms with van der Waals surface area (Å²) >= 11 is 0. The van der Waals surface area contributed by atoms with Gasteiger partial charge in [0, 0.05) is 6.42 Å². The Morgan fingerprint density at radius 2 is 1.76 bits per heavy atom. The summed E-state index contributed by atoms with van der Waals surface area (Å²) in [6.45, 7) is 8.87. The molecule has 0 aromatic heterocycles. The standard InChI is InChI=1S/C30H44O3/c1-19-5-7-20(8-6-19)17-27(32)30(4,33)26-12-11-24-23-10-9-21-18-22(31)13-15-28(21,2)25(23)14-16-29(24,26)3/h5-9,22-27,31-33H,10-18H2,1-4H3/t22-,23-,24-,25-,26-,27+,28-,29-,30+/m0/s1. The molecule has 0 spiro atoms. The van der Waals surface area contributed by atoms with Gasteiger partial charge in [-0.1, -0.05) is 55.3 Å². The molecule has 0 heterocycles. The predicted molar refractivity (Wildman–Crippen MR) is 133 cm³/mol. The first-order chi connectivity index (χ1) is 15.6. The number of hydrogen-bond donors (Lipinski definition) is 3. The van der Waals surface area contributed by atoms with E-state index in [2.05, 4.69) is 51.1 Å². The highest BCUT2D eigenvalue weighted by Gasteiger charge is 2.62. The molecule has 5 rings (SSSR count). The van der Waals surface area contributed by atoms with E-state index >= 15 is 0 Å². The molecule has 3 heteroatoms. The highest BCUT2D eigenvalue weighted by molar-refractivity contribution is 5.26. The summed E-state index contributed by atoms with van der Waals surface area (Å²) in [6, 6.07) is 8.32. The van der Waals surface area contributed by atoms with Crippen molar-refractivity contribution in [3.05, 3.63) is 47.0 Å². The van der Waals surface area contributed by atoms with E-state index in [1.165, 1.54) is 17.6 Å². The highest BCUT2D eigenvalue weighted by Crippen LogP contribution is 2.67. The average Bonchev–Trinajstić information content (AvgIpc) is 3.14. The van der Waals surface area contributed by atoms with Gasteiger partial charge in [-0.3, -0.25) is 0 Å². The molecule has 0 bridgehead atoms. The van der Waals surface area contributed by atoms with Crippen LogP contribution in [0.25, 0.3) is 0 Å². The van der Waals surface area contributed by atoms with Gasteiger partial charge in [0.15, 0.2) is 0 Å². The number of rotatable bonds is 4. The van der Waals surface area contributed by atoms with Crippen LogP contribution in [0.5, 0.6) is 0 Å². The van der Waals surface area contributed by atoms with Crippen molar-refractivity contribution < 1.29 is 15.3 Å². The van der Waals surface area contributed by atoms with E-state index in [1.54, 1.807) is 0 Å². The Balaban J connectivity index is 1.37. The fraction of sp³-hybridized carbons (Fsp3) is 0.733. The van der Waals surface area contributed by atoms with Crippen molar-refractivity contribution in [2.24, 2.45) is 34.5 Å². The number of fused-ring (bicyclic) bond motifs is 5. The molecule has 3 fully saturated rings. The summed E-state index contributed by atoms with van der Waals surface area (Å²) in [6.07, 6.45) is 10.6. The van der Waals surface area contributed by atoms with Gasteiger partial charge < -0.3 is 15.3 Å². The van der Waals surface area contributed by atoms with Crippen LogP contribution in [0, 0.1) is 41.4 Å². The fourth-order valence-electron chi connectivity index (χ4n) is 8.99. The number of hydrogen-bond acceptors (Lipinski definition) is 3. The first-order valence-electron chi connectivity index (χ1n) is 13.4. The van der Waals surface area contributed by atoms with E-state index in [9.17, 15) is 15.3 Å². The molecular weight excluding hydrogens is 408 g/mol. The van der Waals surface area contributed by atoms with Crippen molar-refractivity contribution in [1.82, 2.24) is 0 Å². The zero-order valence-corrected chi connectivity index (χ0v) is 21.1. The lowest BCUT2D eigenvalue weighted by Crippen LogP contribution is -2.56. The molecule has 0 saturated heterocycles. The van der Waals surface area contributed by atoms with Gasteiger partial charge in [-0.2, -0.15) is 0 Å². The van der Waals surface area contributed by atoms with Crippen LogP contribution in [0.4, 0.5) is 0 Å². The first-order valence-corrected chi connectivity index (χ1v) is 13.4. The van der Waals surface area contributed by atoms with Crippen LogP contribution in [-0.2, 0) is 6.42 Å². The highest BCUT2D eigenvalue weighted by atomic mass is 16.3. The van der Waals surface area contributed by atoms with Gasteiger partial charge in [-0.15, -0.1) is 0 Å². The second-order valence-electron chi connectivity index (χ2n) is 12.8. The SMILES string of the molecule is Cc1ccc(C[C@@H](O)[C@](C)(O)[C@H]2CC[C@H]3[C@@H]4CC=C5C[C@@H](O)CC[C@]5(C)[C@H]4CC[C@]23C)cc1. The van der Waals surface area contributed by atoms with E-state index in [0.29, 0.717) is 24.2 Å². The minimum atomic E-state index is -1.09. The van der Waals surface area contributed by atoms with Crippen LogP contribution < -0.4 is 0 Å². The molecule has 4 aliphatic rings. The molecule has 3 saturated carbocycles. The normalized spacial score (nSPS) is 43.0. The molecule has 0 amide bonds. The second kappa shape index (κ2) is 8.21. The Morgan fingerprint density at radius 3 is 2.48 bits per heavy atom. The Bertz CT molecular complexity index is 902. The molecule has 1 aromatic rings. The van der Waals surface area contributed by atoms with Crippen LogP contribution in [0.15, 0.2) is 35.9 Å². The quantitative estimate of drug-likeness (QED) is 0.522. The summed E-state index contributed by atoms with van der Waals surface area (Å²) in [7, 11) is 0. The van der Waals surface area contributed by atoms with Gasteiger partial charge in [0.25, 0.3) is 0 Å². The first kappa shape index (κ1) is 23.6. The van der Waals surface area contributed by atoms with Crippen LogP contribution in [-0.4, -0.2) is 33.1 Å². The van der Waals surface area contributed by atoms with Crippen LogP contribution in [0.3, 0.4) is 0 Å². The van der Waals surface area contributed by atoms with Gasteiger partial charge in [0.2, 0.25) is 0 Å². The molecule has 9 atom stereocenters. The Labute approximate surface area is 200 Å². The van der Waals surface area contributed by atoms with Gasteiger partial charge >= 0.3 is 0 Å². The largest absolute Gasteiger partial charge is 0.393 e. The molecule has 0 aliphatic heterocycles. The van der Waals surface area contributed by atoms with Gasteiger partial charge in [-0.25, -0.2) is 0 Å². The summed E-state index contributed by atoms with van der Waals surface area (Å²) in [5.74, 6) is 2.11. The smallest absolute Gasteiger partial charge is 0.0914 e. The second-order valence-corrected chi connectivity index (χ2v) is 12.8. The summed E-state index contributed by atoms with van der Waals surface area (Å²) in [4.78, 5) is 0. The Morgan fingerprint density at radius 1 is 1.03 bits per heavy atom. The number of aliphatic hydroxyl groups is 3. The summed E-state index contributed by atoms with van der Waals surface area (Å²) < 4.78 is 0. The summed E-state index contributed by atoms with van der Waals surface area (Å²) in [5, 5.41) is 33.3. The Kier molecular flexibility index (Phi) is 5.86. The van der Waals surface area contributed by atoms with Crippen LogP contribution in [0.1, 0.15) is 83.3 Å². The predicted octanol–water partition coefficient (Wildman–Crippen LogP) is 5.59. The molecule has 4 aliphatic carbocycles. The molecule has 1 aromatic carbocycles. The number of aryl methyl sites for hydroxylation is 1. The molecule has 0 unspecified atom stereocenters. The topological polar surface area (TPSA) is 60.7 Å². The van der Waals surface area contributed by atoms with E-state index in [4.69, 9.17) is 0 Å². The zero-order valence-electron chi connectivity index (χ0n) is 21.1. The minimum Gasteiger partial charge on any atom is -0.393 e. The number of aliphatic hydroxyl groups excluding tert-OH is 2. The van der Waals surface area contributed by atoms with Crippen molar-refractivity contribution in [2.45, 2.75) is 103 Å². The van der Waals surface area contributed by atoms with Crippen molar-refractivity contribution in [3.63, 3.8) is 0 Å². The Hall–Kier alpha value is -1.16. The van der Waals surface area contributed by atoms with E-state index in [-0.39, 0.29) is 22.9 Å². The minimum absolute atomic E-state index is 0.0782. The van der Waals surface area contributed by atoms with E-state index < -0.39 is 11.7 Å². The molecule has 0 radical (unpaired) electrons. The van der Waals surface area contributed by atoms with Gasteiger partial charge in [0.05, 0.1) is 17.8 Å². The van der Waals surface area contributed by atoms with Gasteiger partial charge in [0.1, 0.15) is 0 Å². The van der Waals surface area contributed by atoms with Crippen molar-refractivity contribution in [2.75, 3.05) is 0 Å². The molecule has 182 valence electrons. The van der Waals surface area contributed by atoms with E-state index in [1.807, 2.05) is 6.92 Å². The fourth-order valence-corrected chi connectivity index (χ4v) is 8.99. The maximum atomic E-state index is 11.8. The van der Waals surface area contributed by atoms with E-state index in [0.717, 1.165) is 50.5 Å². The lowest BCUT2D eigenvalue weighted by atomic mass is 9.46. The molecular formula is C30H44O3. The molecule has 3 N–H and O–H groups in total. The molecule has 3 nitrogen and oxygen atoms in total. The third kappa shape index (κ3) is 3.74. The van der Waals surface area contributed by atoms with Crippen molar-refractivity contribution >= 4 is 0 Å². The van der Waals surface area contributed by atoms with Crippen LogP contribution >= 0.6 is 0 Å².